The second kappa shape index (κ2) is 43.0. The van der Waals surface area contributed by atoms with Gasteiger partial charge in [-0.05, 0) is 31.1 Å². The molecule has 0 aliphatic rings. The van der Waals surface area contributed by atoms with Crippen molar-refractivity contribution in [3.05, 3.63) is 0 Å². The van der Waals surface area contributed by atoms with Crippen LogP contribution in [0, 0.1) is 11.8 Å². The molecule has 0 amide bonds. The molecule has 0 saturated carbocycles. The molecule has 0 aromatic heterocycles. The van der Waals surface area contributed by atoms with Crippen LogP contribution >= 0.6 is 0 Å². The topological polar surface area (TPSA) is 78.9 Å². The highest BCUT2D eigenvalue weighted by molar-refractivity contribution is 5.71. The Balaban J connectivity index is 4.29. The molecule has 56 heavy (non-hydrogen) atoms. The number of ether oxygens (including phenoxy) is 3. The number of carbonyl (C=O) groups is 3. The van der Waals surface area contributed by atoms with Gasteiger partial charge in [-0.15, -0.1) is 0 Å². The highest BCUT2D eigenvalue weighted by atomic mass is 16.6. The van der Waals surface area contributed by atoms with E-state index < -0.39 is 6.10 Å². The van der Waals surface area contributed by atoms with Crippen molar-refractivity contribution < 1.29 is 28.6 Å². The third-order valence-corrected chi connectivity index (χ3v) is 11.6. The monoisotopic (exact) mass is 793 g/mol. The van der Waals surface area contributed by atoms with Crippen molar-refractivity contribution in [2.75, 3.05) is 13.2 Å². The van der Waals surface area contributed by atoms with Gasteiger partial charge in [-0.25, -0.2) is 0 Å². The highest BCUT2D eigenvalue weighted by Gasteiger charge is 2.19. The summed E-state index contributed by atoms with van der Waals surface area (Å²) in [7, 11) is 0. The van der Waals surface area contributed by atoms with Gasteiger partial charge in [0.25, 0.3) is 0 Å². The Hall–Kier alpha value is -1.59. The zero-order valence-electron chi connectivity index (χ0n) is 38.3. The Morgan fingerprint density at radius 3 is 1.02 bits per heavy atom. The van der Waals surface area contributed by atoms with E-state index in [1.807, 2.05) is 0 Å². The van der Waals surface area contributed by atoms with Crippen LogP contribution in [-0.2, 0) is 28.6 Å². The molecule has 0 bridgehead atoms. The van der Waals surface area contributed by atoms with Crippen LogP contribution in [0.2, 0.25) is 0 Å². The average Bonchev–Trinajstić information content (AvgIpc) is 3.18. The number of hydrogen-bond acceptors (Lipinski definition) is 6. The number of carbonyl (C=O) groups excluding carboxylic acids is 3. The Labute approximate surface area is 348 Å². The van der Waals surface area contributed by atoms with Crippen LogP contribution in [0.25, 0.3) is 0 Å². The molecule has 0 rings (SSSR count). The fourth-order valence-electron chi connectivity index (χ4n) is 7.43. The minimum atomic E-state index is -0.761. The molecule has 0 N–H and O–H groups in total. The number of hydrogen-bond donors (Lipinski definition) is 0. The first kappa shape index (κ1) is 54.4. The number of unbranched alkanes of at least 4 members (excludes halogenated alkanes) is 28. The molecule has 0 radical (unpaired) electrons. The summed E-state index contributed by atoms with van der Waals surface area (Å²) in [6.45, 7) is 11.3. The second-order valence-corrected chi connectivity index (χ2v) is 17.8. The fourth-order valence-corrected chi connectivity index (χ4v) is 7.43. The zero-order valence-corrected chi connectivity index (χ0v) is 38.3. The van der Waals surface area contributed by atoms with Crippen molar-refractivity contribution in [1.29, 1.82) is 0 Å². The molecule has 0 aliphatic carbocycles. The van der Waals surface area contributed by atoms with Crippen molar-refractivity contribution in [3.8, 4) is 0 Å². The minimum absolute atomic E-state index is 0.0647. The molecule has 2 atom stereocenters. The zero-order chi connectivity index (χ0) is 41.2. The van der Waals surface area contributed by atoms with Gasteiger partial charge in [0, 0.05) is 19.3 Å². The van der Waals surface area contributed by atoms with Gasteiger partial charge in [0.05, 0.1) is 0 Å². The normalized spacial score (nSPS) is 12.5. The molecule has 0 aliphatic heterocycles. The van der Waals surface area contributed by atoms with Gasteiger partial charge in [0.15, 0.2) is 6.10 Å². The van der Waals surface area contributed by atoms with Crippen LogP contribution < -0.4 is 0 Å². The second-order valence-electron chi connectivity index (χ2n) is 17.8. The van der Waals surface area contributed by atoms with Crippen LogP contribution in [0.5, 0.6) is 0 Å². The third-order valence-electron chi connectivity index (χ3n) is 11.6. The highest BCUT2D eigenvalue weighted by Crippen LogP contribution is 2.17. The van der Waals surface area contributed by atoms with E-state index in [2.05, 4.69) is 34.6 Å². The molecule has 6 nitrogen and oxygen atoms in total. The summed E-state index contributed by atoms with van der Waals surface area (Å²) in [5, 5.41) is 0. The summed E-state index contributed by atoms with van der Waals surface area (Å²) in [4.78, 5) is 37.8. The molecule has 0 saturated heterocycles. The molecule has 0 fully saturated rings. The molecule has 0 aromatic carbocycles. The van der Waals surface area contributed by atoms with E-state index in [0.29, 0.717) is 19.3 Å². The lowest BCUT2D eigenvalue weighted by molar-refractivity contribution is -0.167. The van der Waals surface area contributed by atoms with Gasteiger partial charge >= 0.3 is 17.9 Å². The molecule has 0 aromatic rings. The largest absolute Gasteiger partial charge is 0.462 e. The van der Waals surface area contributed by atoms with Gasteiger partial charge in [0.1, 0.15) is 13.2 Å². The van der Waals surface area contributed by atoms with E-state index >= 15 is 0 Å². The molecular weight excluding hydrogens is 697 g/mol. The lowest BCUT2D eigenvalue weighted by atomic mass is 10.00. The van der Waals surface area contributed by atoms with E-state index in [1.54, 1.807) is 0 Å². The quantitative estimate of drug-likeness (QED) is 0.0347. The van der Waals surface area contributed by atoms with E-state index in [1.165, 1.54) is 161 Å². The van der Waals surface area contributed by atoms with Crippen molar-refractivity contribution in [2.24, 2.45) is 11.8 Å². The molecule has 0 spiro atoms. The molecule has 1 unspecified atom stereocenters. The Morgan fingerprint density at radius 2 is 0.679 bits per heavy atom. The molecule has 0 heterocycles. The summed E-state index contributed by atoms with van der Waals surface area (Å²) in [6, 6.07) is 0. The fraction of sp³-hybridized carbons (Fsp3) is 0.940. The van der Waals surface area contributed by atoms with Gasteiger partial charge < -0.3 is 14.2 Å². The maximum absolute atomic E-state index is 12.8. The SMILES string of the molecule is CCCCCCCCCCCCCC(=O)OC[C@H](COC(=O)CCCCCCCCC(C)CC)OC(=O)CCCCCCCCCCCCCCCCC(C)C. The maximum Gasteiger partial charge on any atom is 0.306 e. The molecule has 6 heteroatoms. The summed E-state index contributed by atoms with van der Waals surface area (Å²) in [5.41, 5.74) is 0. The van der Waals surface area contributed by atoms with E-state index in [-0.39, 0.29) is 31.1 Å². The van der Waals surface area contributed by atoms with Crippen molar-refractivity contribution in [3.63, 3.8) is 0 Å². The average molecular weight is 793 g/mol. The maximum atomic E-state index is 12.8. The minimum Gasteiger partial charge on any atom is -0.462 e. The molecule has 332 valence electrons. The van der Waals surface area contributed by atoms with Gasteiger partial charge in [0.2, 0.25) is 0 Å². The number of esters is 3. The van der Waals surface area contributed by atoms with Gasteiger partial charge in [-0.3, -0.25) is 14.4 Å². The summed E-state index contributed by atoms with van der Waals surface area (Å²) < 4.78 is 16.8. The Bertz CT molecular complexity index is 856. The lowest BCUT2D eigenvalue weighted by Gasteiger charge is -2.18. The first-order chi connectivity index (χ1) is 27.3. The van der Waals surface area contributed by atoms with Gasteiger partial charge in [-0.1, -0.05) is 234 Å². The van der Waals surface area contributed by atoms with E-state index in [0.717, 1.165) is 69.6 Å². The van der Waals surface area contributed by atoms with Gasteiger partial charge in [-0.2, -0.15) is 0 Å². The summed E-state index contributed by atoms with van der Waals surface area (Å²) >= 11 is 0. The summed E-state index contributed by atoms with van der Waals surface area (Å²) in [6.07, 6.45) is 42.3. The molecular formula is C50H96O6. The number of rotatable bonds is 44. The lowest BCUT2D eigenvalue weighted by Crippen LogP contribution is -2.30. The van der Waals surface area contributed by atoms with Crippen molar-refractivity contribution in [2.45, 2.75) is 278 Å². The first-order valence-electron chi connectivity index (χ1n) is 24.8. The predicted molar refractivity (Wildman–Crippen MR) is 238 cm³/mol. The third kappa shape index (κ3) is 42.0. The van der Waals surface area contributed by atoms with Crippen LogP contribution in [0.1, 0.15) is 272 Å². The smallest absolute Gasteiger partial charge is 0.306 e. The Kier molecular flexibility index (Phi) is 41.8. The standard InChI is InChI=1S/C50H96O6/c1-6-8-9-10-11-12-17-21-24-30-35-40-48(51)54-43-47(44-55-49(52)41-36-31-27-26-29-34-39-46(5)7-2)56-50(53)42-37-32-25-22-19-16-14-13-15-18-20-23-28-33-38-45(3)4/h45-47H,6-44H2,1-5H3/t46?,47-/m1/s1. The van der Waals surface area contributed by atoms with E-state index in [4.69, 9.17) is 14.2 Å². The van der Waals surface area contributed by atoms with Crippen LogP contribution in [0.4, 0.5) is 0 Å². The first-order valence-corrected chi connectivity index (χ1v) is 24.8. The van der Waals surface area contributed by atoms with Crippen molar-refractivity contribution in [1.82, 2.24) is 0 Å². The summed E-state index contributed by atoms with van der Waals surface area (Å²) in [5.74, 6) is 0.803. The Morgan fingerprint density at radius 1 is 0.375 bits per heavy atom. The van der Waals surface area contributed by atoms with Crippen LogP contribution in [-0.4, -0.2) is 37.2 Å². The van der Waals surface area contributed by atoms with Crippen LogP contribution in [0.3, 0.4) is 0 Å². The van der Waals surface area contributed by atoms with Crippen molar-refractivity contribution >= 4 is 17.9 Å². The predicted octanol–water partition coefficient (Wildman–Crippen LogP) is 15.8. The van der Waals surface area contributed by atoms with E-state index in [9.17, 15) is 14.4 Å². The van der Waals surface area contributed by atoms with Crippen LogP contribution in [0.15, 0.2) is 0 Å².